The van der Waals surface area contributed by atoms with E-state index in [1.165, 1.54) is 6.42 Å². The lowest BCUT2D eigenvalue weighted by molar-refractivity contribution is 0.213. The standard InChI is InChI=1S/C14H24N4/c1-4-13-10-18(8-7-17(13)3)14-6-5-12(9-16-14)11(2)15/h5-6,9,11,13H,4,7-8,10,15H2,1-3H3/t11-,13?/m0/s1. The number of pyridine rings is 1. The maximum Gasteiger partial charge on any atom is 0.128 e. The number of nitrogens with two attached hydrogens (primary N) is 1. The first kappa shape index (κ1) is 13.3. The summed E-state index contributed by atoms with van der Waals surface area (Å²) in [5, 5.41) is 0. The molecule has 1 fully saturated rings. The average Bonchev–Trinajstić information content (AvgIpc) is 2.39. The van der Waals surface area contributed by atoms with Gasteiger partial charge in [0.15, 0.2) is 0 Å². The van der Waals surface area contributed by atoms with Crippen LogP contribution in [-0.4, -0.2) is 42.6 Å². The van der Waals surface area contributed by atoms with Crippen molar-refractivity contribution in [1.29, 1.82) is 0 Å². The van der Waals surface area contributed by atoms with Gasteiger partial charge in [-0.1, -0.05) is 13.0 Å². The third kappa shape index (κ3) is 2.82. The molecule has 2 rings (SSSR count). The van der Waals surface area contributed by atoms with Crippen LogP contribution in [0.15, 0.2) is 18.3 Å². The molecule has 4 nitrogen and oxygen atoms in total. The van der Waals surface area contributed by atoms with Crippen LogP contribution >= 0.6 is 0 Å². The topological polar surface area (TPSA) is 45.4 Å². The van der Waals surface area contributed by atoms with Gasteiger partial charge in [-0.05, 0) is 32.0 Å². The van der Waals surface area contributed by atoms with E-state index >= 15 is 0 Å². The van der Waals surface area contributed by atoms with Crippen LogP contribution in [0.4, 0.5) is 5.82 Å². The molecule has 18 heavy (non-hydrogen) atoms. The van der Waals surface area contributed by atoms with Crippen molar-refractivity contribution >= 4 is 5.82 Å². The first-order valence-corrected chi connectivity index (χ1v) is 6.78. The van der Waals surface area contributed by atoms with E-state index in [0.29, 0.717) is 6.04 Å². The maximum atomic E-state index is 5.84. The van der Waals surface area contributed by atoms with Gasteiger partial charge in [0.2, 0.25) is 0 Å². The fourth-order valence-electron chi connectivity index (χ4n) is 2.45. The second-order valence-electron chi connectivity index (χ2n) is 5.23. The van der Waals surface area contributed by atoms with E-state index in [-0.39, 0.29) is 6.04 Å². The largest absolute Gasteiger partial charge is 0.354 e. The lowest BCUT2D eigenvalue weighted by Gasteiger charge is -2.39. The van der Waals surface area contributed by atoms with Crippen molar-refractivity contribution < 1.29 is 0 Å². The van der Waals surface area contributed by atoms with Gasteiger partial charge in [0.25, 0.3) is 0 Å². The summed E-state index contributed by atoms with van der Waals surface area (Å²) >= 11 is 0. The van der Waals surface area contributed by atoms with Crippen LogP contribution in [-0.2, 0) is 0 Å². The summed E-state index contributed by atoms with van der Waals surface area (Å²) < 4.78 is 0. The van der Waals surface area contributed by atoms with Crippen LogP contribution in [0, 0.1) is 0 Å². The number of rotatable bonds is 3. The van der Waals surface area contributed by atoms with Crippen LogP contribution in [0.3, 0.4) is 0 Å². The zero-order valence-corrected chi connectivity index (χ0v) is 11.6. The molecule has 100 valence electrons. The van der Waals surface area contributed by atoms with Gasteiger partial charge >= 0.3 is 0 Å². The van der Waals surface area contributed by atoms with Gasteiger partial charge in [-0.15, -0.1) is 0 Å². The molecular weight excluding hydrogens is 224 g/mol. The Balaban J connectivity index is 2.07. The zero-order valence-electron chi connectivity index (χ0n) is 11.6. The van der Waals surface area contributed by atoms with Crippen molar-refractivity contribution in [1.82, 2.24) is 9.88 Å². The Labute approximate surface area is 110 Å². The first-order chi connectivity index (χ1) is 8.61. The van der Waals surface area contributed by atoms with Crippen molar-refractivity contribution in [3.63, 3.8) is 0 Å². The fraction of sp³-hybridized carbons (Fsp3) is 0.643. The fourth-order valence-corrected chi connectivity index (χ4v) is 2.45. The highest BCUT2D eigenvalue weighted by Gasteiger charge is 2.23. The zero-order chi connectivity index (χ0) is 13.1. The van der Waals surface area contributed by atoms with Crippen molar-refractivity contribution in [2.24, 2.45) is 5.73 Å². The highest BCUT2D eigenvalue weighted by molar-refractivity contribution is 5.40. The van der Waals surface area contributed by atoms with Gasteiger partial charge in [0.1, 0.15) is 5.82 Å². The van der Waals surface area contributed by atoms with Gasteiger partial charge in [-0.25, -0.2) is 4.98 Å². The van der Waals surface area contributed by atoms with E-state index in [1.807, 2.05) is 13.1 Å². The summed E-state index contributed by atoms with van der Waals surface area (Å²) in [5.41, 5.74) is 6.94. The highest BCUT2D eigenvalue weighted by Crippen LogP contribution is 2.19. The van der Waals surface area contributed by atoms with Crippen LogP contribution in [0.5, 0.6) is 0 Å². The van der Waals surface area contributed by atoms with E-state index in [0.717, 1.165) is 31.0 Å². The van der Waals surface area contributed by atoms with Crippen LogP contribution in [0.1, 0.15) is 31.9 Å². The number of hydrogen-bond acceptors (Lipinski definition) is 4. The Morgan fingerprint density at radius 1 is 1.44 bits per heavy atom. The Morgan fingerprint density at radius 2 is 2.22 bits per heavy atom. The van der Waals surface area contributed by atoms with Gasteiger partial charge in [-0.3, -0.25) is 4.90 Å². The number of piperazine rings is 1. The molecule has 1 unspecified atom stereocenters. The summed E-state index contributed by atoms with van der Waals surface area (Å²) in [4.78, 5) is 9.36. The lowest BCUT2D eigenvalue weighted by atomic mass is 10.1. The number of aromatic nitrogens is 1. The van der Waals surface area contributed by atoms with E-state index < -0.39 is 0 Å². The lowest BCUT2D eigenvalue weighted by Crippen LogP contribution is -2.51. The van der Waals surface area contributed by atoms with Crippen molar-refractivity contribution in [3.8, 4) is 0 Å². The van der Waals surface area contributed by atoms with Gasteiger partial charge < -0.3 is 10.6 Å². The molecule has 0 aromatic carbocycles. The quantitative estimate of drug-likeness (QED) is 0.883. The minimum Gasteiger partial charge on any atom is -0.354 e. The molecule has 0 aliphatic carbocycles. The van der Waals surface area contributed by atoms with E-state index in [1.54, 1.807) is 0 Å². The SMILES string of the molecule is CCC1CN(c2ccc([C@H](C)N)cn2)CCN1C. The summed E-state index contributed by atoms with van der Waals surface area (Å²) in [6.45, 7) is 7.46. The molecule has 0 radical (unpaired) electrons. The molecule has 4 heteroatoms. The number of nitrogens with zero attached hydrogens (tertiary/aromatic N) is 3. The van der Waals surface area contributed by atoms with E-state index in [4.69, 9.17) is 5.73 Å². The average molecular weight is 248 g/mol. The van der Waals surface area contributed by atoms with Crippen molar-refractivity contribution in [2.45, 2.75) is 32.4 Å². The predicted molar refractivity (Wildman–Crippen MR) is 75.8 cm³/mol. The highest BCUT2D eigenvalue weighted by atomic mass is 15.3. The molecule has 1 aromatic heterocycles. The molecule has 1 saturated heterocycles. The van der Waals surface area contributed by atoms with Crippen LogP contribution < -0.4 is 10.6 Å². The Hall–Kier alpha value is -1.13. The van der Waals surface area contributed by atoms with E-state index in [2.05, 4.69) is 40.9 Å². The summed E-state index contributed by atoms with van der Waals surface area (Å²) in [6.07, 6.45) is 3.09. The third-order valence-corrected chi connectivity index (χ3v) is 3.87. The molecule has 1 aromatic rings. The van der Waals surface area contributed by atoms with Gasteiger partial charge in [0.05, 0.1) is 0 Å². The monoisotopic (exact) mass is 248 g/mol. The Kier molecular flexibility index (Phi) is 4.19. The second-order valence-corrected chi connectivity index (χ2v) is 5.23. The Morgan fingerprint density at radius 3 is 2.78 bits per heavy atom. The summed E-state index contributed by atoms with van der Waals surface area (Å²) in [6, 6.07) is 4.87. The molecule has 0 saturated carbocycles. The van der Waals surface area contributed by atoms with Gasteiger partial charge in [-0.2, -0.15) is 0 Å². The third-order valence-electron chi connectivity index (χ3n) is 3.87. The first-order valence-electron chi connectivity index (χ1n) is 6.78. The van der Waals surface area contributed by atoms with Crippen LogP contribution in [0.2, 0.25) is 0 Å². The van der Waals surface area contributed by atoms with E-state index in [9.17, 15) is 0 Å². The predicted octanol–water partition coefficient (Wildman–Crippen LogP) is 1.63. The molecule has 0 amide bonds. The molecule has 0 spiro atoms. The molecule has 2 N–H and O–H groups in total. The minimum atomic E-state index is 0.0578. The second kappa shape index (κ2) is 5.67. The number of anilines is 1. The normalized spacial score (nSPS) is 23.1. The molecule has 0 bridgehead atoms. The van der Waals surface area contributed by atoms with Crippen LogP contribution in [0.25, 0.3) is 0 Å². The summed E-state index contributed by atoms with van der Waals surface area (Å²) in [5.74, 6) is 1.07. The molecule has 2 atom stereocenters. The minimum absolute atomic E-state index is 0.0578. The van der Waals surface area contributed by atoms with Crippen molar-refractivity contribution in [2.75, 3.05) is 31.6 Å². The molecule has 1 aliphatic heterocycles. The number of likely N-dealkylation sites (N-methyl/N-ethyl adjacent to an activating group) is 1. The smallest absolute Gasteiger partial charge is 0.128 e. The molecule has 2 heterocycles. The summed E-state index contributed by atoms with van der Waals surface area (Å²) in [7, 11) is 2.21. The van der Waals surface area contributed by atoms with Crippen molar-refractivity contribution in [3.05, 3.63) is 23.9 Å². The maximum absolute atomic E-state index is 5.84. The van der Waals surface area contributed by atoms with Gasteiger partial charge in [0, 0.05) is 37.9 Å². The number of hydrogen-bond donors (Lipinski definition) is 1. The Bertz CT molecular complexity index is 374. The molecular formula is C14H24N4. The molecule has 1 aliphatic rings.